The molecule has 1 unspecified atom stereocenters. The lowest BCUT2D eigenvalue weighted by atomic mass is 10.0. The van der Waals surface area contributed by atoms with Crippen molar-refractivity contribution in [2.75, 3.05) is 6.54 Å². The Morgan fingerprint density at radius 1 is 1.44 bits per heavy atom. The van der Waals surface area contributed by atoms with E-state index in [1.54, 1.807) is 12.1 Å². The molecular formula is C11H12ClF2NO. The first-order valence-corrected chi connectivity index (χ1v) is 5.52. The predicted octanol–water partition coefficient (Wildman–Crippen LogP) is 3.37. The molecule has 0 aromatic heterocycles. The van der Waals surface area contributed by atoms with Crippen molar-refractivity contribution in [1.82, 2.24) is 5.32 Å². The fourth-order valence-electron chi connectivity index (χ4n) is 1.94. The maximum Gasteiger partial charge on any atom is 0.387 e. The highest BCUT2D eigenvalue weighted by atomic mass is 35.5. The van der Waals surface area contributed by atoms with Crippen LogP contribution < -0.4 is 10.1 Å². The number of nitrogens with one attached hydrogen (secondary N) is 1. The van der Waals surface area contributed by atoms with Gasteiger partial charge in [-0.2, -0.15) is 8.78 Å². The number of halogens is 3. The molecule has 1 aliphatic heterocycles. The van der Waals surface area contributed by atoms with E-state index in [1.807, 2.05) is 0 Å². The van der Waals surface area contributed by atoms with Crippen LogP contribution in [0.4, 0.5) is 8.78 Å². The summed E-state index contributed by atoms with van der Waals surface area (Å²) in [6.07, 6.45) is 1.95. The van der Waals surface area contributed by atoms with Gasteiger partial charge in [0.05, 0.1) is 0 Å². The normalized spacial score (nSPS) is 20.4. The van der Waals surface area contributed by atoms with Crippen molar-refractivity contribution >= 4 is 11.6 Å². The number of hydrogen-bond acceptors (Lipinski definition) is 2. The van der Waals surface area contributed by atoms with Gasteiger partial charge in [0.1, 0.15) is 5.75 Å². The summed E-state index contributed by atoms with van der Waals surface area (Å²) in [5.41, 5.74) is 0.713. The molecule has 1 aromatic rings. The molecule has 2 rings (SSSR count). The molecular weight excluding hydrogens is 236 g/mol. The van der Waals surface area contributed by atoms with E-state index in [1.165, 1.54) is 6.07 Å². The first-order chi connectivity index (χ1) is 7.66. The summed E-state index contributed by atoms with van der Waals surface area (Å²) in [5, 5.41) is 3.76. The Morgan fingerprint density at radius 2 is 2.25 bits per heavy atom. The van der Waals surface area contributed by atoms with Gasteiger partial charge >= 0.3 is 6.61 Å². The SMILES string of the molecule is FC(F)Oc1ccc(Cl)cc1C1CCCN1. The summed E-state index contributed by atoms with van der Waals surface area (Å²) in [5.74, 6) is 0.207. The van der Waals surface area contributed by atoms with E-state index in [2.05, 4.69) is 10.1 Å². The largest absolute Gasteiger partial charge is 0.434 e. The molecule has 0 saturated carbocycles. The molecule has 1 aliphatic rings. The Balaban J connectivity index is 2.28. The molecule has 1 heterocycles. The van der Waals surface area contributed by atoms with Crippen LogP contribution in [-0.2, 0) is 0 Å². The lowest BCUT2D eigenvalue weighted by molar-refractivity contribution is -0.0506. The Bertz CT molecular complexity index is 367. The van der Waals surface area contributed by atoms with Crippen LogP contribution in [0.2, 0.25) is 5.02 Å². The van der Waals surface area contributed by atoms with Gasteiger partial charge in [0, 0.05) is 16.6 Å². The summed E-state index contributed by atoms with van der Waals surface area (Å²) in [6.45, 7) is -1.91. The minimum atomic E-state index is -2.80. The molecule has 16 heavy (non-hydrogen) atoms. The minimum absolute atomic E-state index is 0.0625. The van der Waals surface area contributed by atoms with Crippen LogP contribution in [0, 0.1) is 0 Å². The lowest BCUT2D eigenvalue weighted by Crippen LogP contribution is -2.15. The van der Waals surface area contributed by atoms with Gasteiger partial charge in [0.25, 0.3) is 0 Å². The highest BCUT2D eigenvalue weighted by Crippen LogP contribution is 2.33. The Morgan fingerprint density at radius 3 is 2.88 bits per heavy atom. The predicted molar refractivity (Wildman–Crippen MR) is 58.1 cm³/mol. The lowest BCUT2D eigenvalue weighted by Gasteiger charge is -2.16. The Kier molecular flexibility index (Phi) is 3.61. The standard InChI is InChI=1S/C11H12ClF2NO/c12-7-3-4-10(16-11(13)14)8(6-7)9-2-1-5-15-9/h3-4,6,9,11,15H,1-2,5H2. The second-order valence-electron chi connectivity index (χ2n) is 3.71. The Hall–Kier alpha value is -0.870. The topological polar surface area (TPSA) is 21.3 Å². The summed E-state index contributed by atoms with van der Waals surface area (Å²) < 4.78 is 28.9. The number of alkyl halides is 2. The molecule has 0 radical (unpaired) electrons. The van der Waals surface area contributed by atoms with Gasteiger partial charge in [0.2, 0.25) is 0 Å². The smallest absolute Gasteiger partial charge is 0.387 e. The van der Waals surface area contributed by atoms with Gasteiger partial charge in [-0.1, -0.05) is 11.6 Å². The quantitative estimate of drug-likeness (QED) is 0.884. The van der Waals surface area contributed by atoms with Crippen LogP contribution in [0.5, 0.6) is 5.75 Å². The molecule has 0 amide bonds. The van der Waals surface area contributed by atoms with Gasteiger partial charge in [-0.05, 0) is 37.6 Å². The summed E-state index contributed by atoms with van der Waals surface area (Å²) in [6, 6.07) is 4.79. The van der Waals surface area contributed by atoms with Gasteiger partial charge in [-0.25, -0.2) is 0 Å². The molecule has 1 N–H and O–H groups in total. The van der Waals surface area contributed by atoms with E-state index in [0.29, 0.717) is 10.6 Å². The molecule has 1 atom stereocenters. The molecule has 5 heteroatoms. The second-order valence-corrected chi connectivity index (χ2v) is 4.15. The first kappa shape index (κ1) is 11.6. The van der Waals surface area contributed by atoms with Crippen LogP contribution >= 0.6 is 11.6 Å². The van der Waals surface area contributed by atoms with Crippen molar-refractivity contribution < 1.29 is 13.5 Å². The fourth-order valence-corrected chi connectivity index (χ4v) is 2.13. The maximum absolute atomic E-state index is 12.2. The zero-order valence-corrected chi connectivity index (χ0v) is 9.31. The third kappa shape index (κ3) is 2.62. The summed E-state index contributed by atoms with van der Waals surface area (Å²) in [7, 11) is 0. The molecule has 88 valence electrons. The van der Waals surface area contributed by atoms with Crippen molar-refractivity contribution in [2.24, 2.45) is 0 Å². The highest BCUT2D eigenvalue weighted by molar-refractivity contribution is 6.30. The van der Waals surface area contributed by atoms with Crippen molar-refractivity contribution in [3.63, 3.8) is 0 Å². The van der Waals surface area contributed by atoms with Crippen LogP contribution in [-0.4, -0.2) is 13.2 Å². The zero-order chi connectivity index (χ0) is 11.5. The molecule has 1 saturated heterocycles. The molecule has 0 spiro atoms. The van der Waals surface area contributed by atoms with Crippen molar-refractivity contribution in [3.8, 4) is 5.75 Å². The average molecular weight is 248 g/mol. The van der Waals surface area contributed by atoms with Crippen LogP contribution in [0.3, 0.4) is 0 Å². The molecule has 2 nitrogen and oxygen atoms in total. The van der Waals surface area contributed by atoms with Crippen molar-refractivity contribution in [1.29, 1.82) is 0 Å². The van der Waals surface area contributed by atoms with Gasteiger partial charge in [0.15, 0.2) is 0 Å². The van der Waals surface area contributed by atoms with Crippen molar-refractivity contribution in [2.45, 2.75) is 25.5 Å². The zero-order valence-electron chi connectivity index (χ0n) is 8.55. The van der Waals surface area contributed by atoms with Crippen LogP contribution in [0.15, 0.2) is 18.2 Å². The van der Waals surface area contributed by atoms with E-state index in [9.17, 15) is 8.78 Å². The van der Waals surface area contributed by atoms with Gasteiger partial charge in [-0.3, -0.25) is 0 Å². The molecule has 1 fully saturated rings. The van der Waals surface area contributed by atoms with Gasteiger partial charge < -0.3 is 10.1 Å². The third-order valence-electron chi connectivity index (χ3n) is 2.62. The van der Waals surface area contributed by atoms with Crippen LogP contribution in [0.25, 0.3) is 0 Å². The van der Waals surface area contributed by atoms with E-state index in [0.717, 1.165) is 19.4 Å². The minimum Gasteiger partial charge on any atom is -0.434 e. The average Bonchev–Trinajstić information content (AvgIpc) is 2.73. The van der Waals surface area contributed by atoms with Gasteiger partial charge in [-0.15, -0.1) is 0 Å². The number of ether oxygens (including phenoxy) is 1. The molecule has 0 bridgehead atoms. The fraction of sp³-hybridized carbons (Fsp3) is 0.455. The number of hydrogen-bond donors (Lipinski definition) is 1. The van der Waals surface area contributed by atoms with E-state index < -0.39 is 6.61 Å². The first-order valence-electron chi connectivity index (χ1n) is 5.14. The van der Waals surface area contributed by atoms with Crippen molar-refractivity contribution in [3.05, 3.63) is 28.8 Å². The Labute approximate surface area is 97.5 Å². The maximum atomic E-state index is 12.2. The van der Waals surface area contributed by atoms with E-state index >= 15 is 0 Å². The highest BCUT2D eigenvalue weighted by Gasteiger charge is 2.21. The molecule has 1 aromatic carbocycles. The van der Waals surface area contributed by atoms with E-state index in [-0.39, 0.29) is 11.8 Å². The third-order valence-corrected chi connectivity index (χ3v) is 2.86. The monoisotopic (exact) mass is 247 g/mol. The second kappa shape index (κ2) is 4.97. The summed E-state index contributed by atoms with van der Waals surface area (Å²) >= 11 is 5.86. The van der Waals surface area contributed by atoms with Crippen LogP contribution in [0.1, 0.15) is 24.4 Å². The summed E-state index contributed by atoms with van der Waals surface area (Å²) in [4.78, 5) is 0. The number of rotatable bonds is 3. The number of benzene rings is 1. The van der Waals surface area contributed by atoms with E-state index in [4.69, 9.17) is 11.6 Å². The molecule has 0 aliphatic carbocycles.